The van der Waals surface area contributed by atoms with Crippen LogP contribution in [-0.4, -0.2) is 23.1 Å². The van der Waals surface area contributed by atoms with Crippen molar-refractivity contribution in [2.45, 2.75) is 46.1 Å². The zero-order chi connectivity index (χ0) is 11.6. The first-order valence-corrected chi connectivity index (χ1v) is 5.63. The summed E-state index contributed by atoms with van der Waals surface area (Å²) in [6.07, 6.45) is 1.81. The van der Waals surface area contributed by atoms with Gasteiger partial charge in [0.05, 0.1) is 5.70 Å². The van der Waals surface area contributed by atoms with Crippen LogP contribution in [0.1, 0.15) is 40.5 Å². The van der Waals surface area contributed by atoms with E-state index < -0.39 is 5.60 Å². The van der Waals surface area contributed by atoms with Gasteiger partial charge in [0, 0.05) is 6.54 Å². The summed E-state index contributed by atoms with van der Waals surface area (Å²) in [6.45, 7) is 12.8. The number of nitrogens with zero attached hydrogens (tertiary/aromatic N) is 1. The fraction of sp³-hybridized carbons (Fsp3) is 0.750. The third kappa shape index (κ3) is 2.01. The van der Waals surface area contributed by atoms with Crippen LogP contribution in [0.25, 0.3) is 0 Å². The molecule has 0 aromatic heterocycles. The Labute approximate surface area is 92.1 Å². The minimum atomic E-state index is -0.523. The molecule has 0 aliphatic carbocycles. The third-order valence-corrected chi connectivity index (χ3v) is 3.26. The molecule has 3 nitrogen and oxygen atoms in total. The zero-order valence-corrected chi connectivity index (χ0v) is 10.2. The molecule has 0 radical (unpaired) electrons. The van der Waals surface area contributed by atoms with Crippen LogP contribution in [0, 0.1) is 5.92 Å². The van der Waals surface area contributed by atoms with Gasteiger partial charge in [0.25, 0.3) is 0 Å². The highest BCUT2D eigenvalue weighted by Gasteiger charge is 2.47. The fourth-order valence-corrected chi connectivity index (χ4v) is 1.67. The summed E-state index contributed by atoms with van der Waals surface area (Å²) in [5.74, 6) is 0.251. The normalized spacial score (nSPS) is 26.3. The lowest BCUT2D eigenvalue weighted by Crippen LogP contribution is -2.34. The molecule has 1 saturated heterocycles. The number of carbonyl (C=O) groups excluding carboxylic acids is 1. The van der Waals surface area contributed by atoms with Gasteiger partial charge in [-0.05, 0) is 19.3 Å². The van der Waals surface area contributed by atoms with Crippen molar-refractivity contribution < 1.29 is 9.53 Å². The molecule has 0 saturated carbocycles. The summed E-state index contributed by atoms with van der Waals surface area (Å²) in [6, 6.07) is 0. The lowest BCUT2D eigenvalue weighted by atomic mass is 9.89. The molecule has 3 heteroatoms. The lowest BCUT2D eigenvalue weighted by Gasteiger charge is -2.28. The minimum absolute atomic E-state index is 0.246. The first kappa shape index (κ1) is 12.1. The average Bonchev–Trinajstić information content (AvgIpc) is 2.37. The molecule has 0 spiro atoms. The predicted molar refractivity (Wildman–Crippen MR) is 60.5 cm³/mol. The molecule has 1 heterocycles. The van der Waals surface area contributed by atoms with Crippen LogP contribution >= 0.6 is 0 Å². The van der Waals surface area contributed by atoms with E-state index in [2.05, 4.69) is 13.5 Å². The van der Waals surface area contributed by atoms with Crippen molar-refractivity contribution in [1.82, 2.24) is 4.90 Å². The Morgan fingerprint density at radius 1 is 1.53 bits per heavy atom. The summed E-state index contributed by atoms with van der Waals surface area (Å²) >= 11 is 0. The molecule has 0 bridgehead atoms. The highest BCUT2D eigenvalue weighted by molar-refractivity contribution is 5.74. The molecule has 86 valence electrons. The van der Waals surface area contributed by atoms with E-state index in [1.807, 2.05) is 20.8 Å². The molecule has 1 aliphatic rings. The quantitative estimate of drug-likeness (QED) is 0.714. The van der Waals surface area contributed by atoms with Crippen LogP contribution in [0.3, 0.4) is 0 Å². The van der Waals surface area contributed by atoms with Gasteiger partial charge in [0.2, 0.25) is 0 Å². The first-order valence-electron chi connectivity index (χ1n) is 5.63. The third-order valence-electron chi connectivity index (χ3n) is 3.26. The van der Waals surface area contributed by atoms with Gasteiger partial charge in [-0.15, -0.1) is 0 Å². The maximum Gasteiger partial charge on any atom is 0.415 e. The van der Waals surface area contributed by atoms with Gasteiger partial charge in [-0.25, -0.2) is 4.79 Å². The molecular formula is C12H21NO2. The summed E-state index contributed by atoms with van der Waals surface area (Å²) < 4.78 is 5.42. The number of rotatable bonds is 4. The SMILES string of the molecule is C=C1N(CCCC)C(=O)OC1(C)C(C)C. The Balaban J connectivity index is 2.79. The standard InChI is InChI=1S/C12H21NO2/c1-6-7-8-13-10(4)12(5,9(2)3)15-11(13)14/h9H,4,6-8H2,1-3,5H3. The van der Waals surface area contributed by atoms with Crippen LogP contribution in [0.4, 0.5) is 4.79 Å². The van der Waals surface area contributed by atoms with E-state index in [1.54, 1.807) is 4.90 Å². The van der Waals surface area contributed by atoms with Crippen molar-refractivity contribution in [1.29, 1.82) is 0 Å². The van der Waals surface area contributed by atoms with Gasteiger partial charge < -0.3 is 4.74 Å². The second kappa shape index (κ2) is 4.25. The molecule has 1 rings (SSSR count). The van der Waals surface area contributed by atoms with Crippen molar-refractivity contribution in [3.8, 4) is 0 Å². The monoisotopic (exact) mass is 211 g/mol. The van der Waals surface area contributed by atoms with Crippen LogP contribution in [0.2, 0.25) is 0 Å². The van der Waals surface area contributed by atoms with E-state index >= 15 is 0 Å². The number of hydrogen-bond acceptors (Lipinski definition) is 2. The molecule has 1 fully saturated rings. The van der Waals surface area contributed by atoms with Crippen molar-refractivity contribution in [3.63, 3.8) is 0 Å². The maximum absolute atomic E-state index is 11.7. The number of hydrogen-bond donors (Lipinski definition) is 0. The van der Waals surface area contributed by atoms with E-state index in [-0.39, 0.29) is 12.0 Å². The zero-order valence-electron chi connectivity index (χ0n) is 10.2. The van der Waals surface area contributed by atoms with E-state index in [0.717, 1.165) is 25.1 Å². The van der Waals surface area contributed by atoms with E-state index in [4.69, 9.17) is 4.74 Å². The highest BCUT2D eigenvalue weighted by Crippen LogP contribution is 2.37. The van der Waals surface area contributed by atoms with E-state index in [0.29, 0.717) is 0 Å². The molecule has 1 aliphatic heterocycles. The fourth-order valence-electron chi connectivity index (χ4n) is 1.67. The molecule has 1 unspecified atom stereocenters. The summed E-state index contributed by atoms with van der Waals surface area (Å²) in [5.41, 5.74) is 0.279. The molecule has 1 amide bonds. The molecule has 15 heavy (non-hydrogen) atoms. The Morgan fingerprint density at radius 2 is 2.13 bits per heavy atom. The molecular weight excluding hydrogens is 190 g/mol. The summed E-state index contributed by atoms with van der Waals surface area (Å²) in [4.78, 5) is 13.3. The first-order chi connectivity index (χ1) is 6.93. The van der Waals surface area contributed by atoms with Gasteiger partial charge in [-0.1, -0.05) is 33.8 Å². The van der Waals surface area contributed by atoms with Crippen molar-refractivity contribution >= 4 is 6.09 Å². The number of amides is 1. The van der Waals surface area contributed by atoms with Crippen molar-refractivity contribution in [3.05, 3.63) is 12.3 Å². The van der Waals surface area contributed by atoms with Gasteiger partial charge in [0.1, 0.15) is 0 Å². The van der Waals surface area contributed by atoms with E-state index in [9.17, 15) is 4.79 Å². The van der Waals surface area contributed by atoms with Crippen LogP contribution in [0.5, 0.6) is 0 Å². The van der Waals surface area contributed by atoms with Gasteiger partial charge >= 0.3 is 6.09 Å². The van der Waals surface area contributed by atoms with Crippen molar-refractivity contribution in [2.75, 3.05) is 6.54 Å². The maximum atomic E-state index is 11.7. The second-order valence-corrected chi connectivity index (χ2v) is 4.58. The summed E-state index contributed by atoms with van der Waals surface area (Å²) in [7, 11) is 0. The Bertz CT molecular complexity index is 273. The van der Waals surface area contributed by atoms with E-state index in [1.165, 1.54) is 0 Å². The second-order valence-electron chi connectivity index (χ2n) is 4.58. The molecule has 0 aromatic carbocycles. The average molecular weight is 211 g/mol. The number of ether oxygens (including phenoxy) is 1. The van der Waals surface area contributed by atoms with Gasteiger partial charge in [-0.3, -0.25) is 4.90 Å². The number of cyclic esters (lactones) is 1. The predicted octanol–water partition coefficient (Wildman–Crippen LogP) is 3.17. The highest BCUT2D eigenvalue weighted by atomic mass is 16.6. The topological polar surface area (TPSA) is 29.5 Å². The van der Waals surface area contributed by atoms with Gasteiger partial charge in [-0.2, -0.15) is 0 Å². The van der Waals surface area contributed by atoms with Crippen LogP contribution < -0.4 is 0 Å². The molecule has 0 aromatic rings. The minimum Gasteiger partial charge on any atom is -0.436 e. The Kier molecular flexibility index (Phi) is 3.42. The van der Waals surface area contributed by atoms with Crippen LogP contribution in [-0.2, 0) is 4.74 Å². The van der Waals surface area contributed by atoms with Crippen LogP contribution in [0.15, 0.2) is 12.3 Å². The molecule has 0 N–H and O–H groups in total. The smallest absolute Gasteiger partial charge is 0.415 e. The molecule has 1 atom stereocenters. The number of unbranched alkanes of at least 4 members (excludes halogenated alkanes) is 1. The van der Waals surface area contributed by atoms with Crippen molar-refractivity contribution in [2.24, 2.45) is 5.92 Å². The largest absolute Gasteiger partial charge is 0.436 e. The summed E-state index contributed by atoms with van der Waals surface area (Å²) in [5, 5.41) is 0. The Hall–Kier alpha value is -0.990. The van der Waals surface area contributed by atoms with Gasteiger partial charge in [0.15, 0.2) is 5.60 Å². The number of carbonyl (C=O) groups is 1. The Morgan fingerprint density at radius 3 is 2.53 bits per heavy atom. The lowest BCUT2D eigenvalue weighted by molar-refractivity contribution is 0.0484.